The zero-order valence-corrected chi connectivity index (χ0v) is 17.3. The van der Waals surface area contributed by atoms with Gasteiger partial charge in [0, 0.05) is 12.3 Å². The highest BCUT2D eigenvalue weighted by Gasteiger charge is 2.17. The van der Waals surface area contributed by atoms with Crippen molar-refractivity contribution in [2.75, 3.05) is 19.5 Å². The predicted octanol–water partition coefficient (Wildman–Crippen LogP) is 5.16. The summed E-state index contributed by atoms with van der Waals surface area (Å²) in [6.45, 7) is 0.415. The summed E-state index contributed by atoms with van der Waals surface area (Å²) >= 11 is 18.2. The third-order valence-electron chi connectivity index (χ3n) is 3.93. The normalized spacial score (nSPS) is 10.6. The first-order valence-corrected chi connectivity index (χ1v) is 9.25. The number of ether oxygens (including phenoxy) is 2. The first-order chi connectivity index (χ1) is 13.4. The summed E-state index contributed by atoms with van der Waals surface area (Å²) in [5.41, 5.74) is 1.22. The zero-order valence-electron chi connectivity index (χ0n) is 15.0. The molecular weight excluding hydrogens is 425 g/mol. The van der Waals surface area contributed by atoms with Crippen molar-refractivity contribution < 1.29 is 14.3 Å². The Balaban J connectivity index is 1.78. The molecule has 0 radical (unpaired) electrons. The van der Waals surface area contributed by atoms with Crippen LogP contribution in [0.5, 0.6) is 11.5 Å². The summed E-state index contributed by atoms with van der Waals surface area (Å²) in [7, 11) is 3.01. The largest absolute Gasteiger partial charge is 0.497 e. The third-order valence-corrected chi connectivity index (χ3v) is 4.95. The van der Waals surface area contributed by atoms with E-state index in [9.17, 15) is 4.79 Å². The summed E-state index contributed by atoms with van der Waals surface area (Å²) in [6, 6.07) is 10.2. The molecule has 0 aliphatic heterocycles. The van der Waals surface area contributed by atoms with Crippen molar-refractivity contribution in [2.24, 2.45) is 0 Å². The summed E-state index contributed by atoms with van der Waals surface area (Å²) in [5.74, 6) is 0.798. The minimum Gasteiger partial charge on any atom is -0.497 e. The SMILES string of the molecule is COc1ccc(C(=O)Nc2nn(Cc3ccc(Cl)c(Cl)c3)cc2Cl)c(OC)c1. The zero-order chi connectivity index (χ0) is 20.3. The Morgan fingerprint density at radius 2 is 1.82 bits per heavy atom. The molecule has 6 nitrogen and oxygen atoms in total. The Labute approximate surface area is 176 Å². The molecule has 1 N–H and O–H groups in total. The number of halogens is 3. The predicted molar refractivity (Wildman–Crippen MR) is 110 cm³/mol. The first kappa shape index (κ1) is 20.3. The van der Waals surface area contributed by atoms with E-state index >= 15 is 0 Å². The van der Waals surface area contributed by atoms with Gasteiger partial charge in [-0.25, -0.2) is 0 Å². The number of amides is 1. The molecule has 3 aromatic rings. The molecule has 1 aromatic heterocycles. The number of anilines is 1. The first-order valence-electron chi connectivity index (χ1n) is 8.11. The van der Waals surface area contributed by atoms with Crippen molar-refractivity contribution >= 4 is 46.5 Å². The Morgan fingerprint density at radius 3 is 2.50 bits per heavy atom. The molecule has 0 aliphatic rings. The van der Waals surface area contributed by atoms with Gasteiger partial charge in [-0.05, 0) is 29.8 Å². The lowest BCUT2D eigenvalue weighted by Crippen LogP contribution is -2.14. The van der Waals surface area contributed by atoms with E-state index in [1.165, 1.54) is 14.2 Å². The molecule has 3 rings (SSSR count). The van der Waals surface area contributed by atoms with E-state index in [0.29, 0.717) is 38.7 Å². The summed E-state index contributed by atoms with van der Waals surface area (Å²) in [5, 5.41) is 8.26. The maximum absolute atomic E-state index is 12.6. The summed E-state index contributed by atoms with van der Waals surface area (Å²) in [6.07, 6.45) is 1.62. The lowest BCUT2D eigenvalue weighted by Gasteiger charge is -2.10. The summed E-state index contributed by atoms with van der Waals surface area (Å²) in [4.78, 5) is 12.6. The molecule has 2 aromatic carbocycles. The molecule has 0 saturated heterocycles. The molecule has 146 valence electrons. The average Bonchev–Trinajstić information content (AvgIpc) is 3.02. The lowest BCUT2D eigenvalue weighted by molar-refractivity contribution is 0.102. The number of carbonyl (C=O) groups excluding carboxylic acids is 1. The van der Waals surface area contributed by atoms with Crippen LogP contribution in [-0.2, 0) is 6.54 Å². The number of benzene rings is 2. The number of methoxy groups -OCH3 is 2. The smallest absolute Gasteiger partial charge is 0.260 e. The highest BCUT2D eigenvalue weighted by Crippen LogP contribution is 2.27. The molecule has 1 heterocycles. The maximum Gasteiger partial charge on any atom is 0.260 e. The van der Waals surface area contributed by atoms with Crippen LogP contribution in [0.1, 0.15) is 15.9 Å². The van der Waals surface area contributed by atoms with Crippen molar-refractivity contribution in [3.63, 3.8) is 0 Å². The van der Waals surface area contributed by atoms with Gasteiger partial charge in [-0.3, -0.25) is 9.48 Å². The van der Waals surface area contributed by atoms with E-state index in [2.05, 4.69) is 10.4 Å². The van der Waals surface area contributed by atoms with Crippen molar-refractivity contribution in [3.8, 4) is 11.5 Å². The Morgan fingerprint density at radius 1 is 1.04 bits per heavy atom. The monoisotopic (exact) mass is 439 g/mol. The van der Waals surface area contributed by atoms with Crippen LogP contribution in [0.2, 0.25) is 15.1 Å². The molecule has 1 amide bonds. The van der Waals surface area contributed by atoms with Crippen LogP contribution in [0.3, 0.4) is 0 Å². The van der Waals surface area contributed by atoms with E-state index in [-0.39, 0.29) is 5.82 Å². The van der Waals surface area contributed by atoms with Gasteiger partial charge in [0.25, 0.3) is 5.91 Å². The van der Waals surface area contributed by atoms with Crippen LogP contribution in [0.25, 0.3) is 0 Å². The molecule has 0 spiro atoms. The van der Waals surface area contributed by atoms with Crippen LogP contribution in [-0.4, -0.2) is 29.9 Å². The molecule has 0 saturated carbocycles. The second-order valence-corrected chi connectivity index (χ2v) is 7.01. The highest BCUT2D eigenvalue weighted by atomic mass is 35.5. The van der Waals surface area contributed by atoms with Crippen LogP contribution >= 0.6 is 34.8 Å². The van der Waals surface area contributed by atoms with Crippen LogP contribution in [0.4, 0.5) is 5.82 Å². The third kappa shape index (κ3) is 4.52. The van der Waals surface area contributed by atoms with Crippen molar-refractivity contribution in [2.45, 2.75) is 6.54 Å². The van der Waals surface area contributed by atoms with E-state index < -0.39 is 5.91 Å². The average molecular weight is 441 g/mol. The number of carbonyl (C=O) groups is 1. The second-order valence-electron chi connectivity index (χ2n) is 5.79. The van der Waals surface area contributed by atoms with Crippen LogP contribution < -0.4 is 14.8 Å². The summed E-state index contributed by atoms with van der Waals surface area (Å²) < 4.78 is 12.0. The molecule has 0 unspecified atom stereocenters. The van der Waals surface area contributed by atoms with Crippen molar-refractivity contribution in [1.82, 2.24) is 9.78 Å². The van der Waals surface area contributed by atoms with Gasteiger partial charge in [0.2, 0.25) is 0 Å². The van der Waals surface area contributed by atoms with Crippen molar-refractivity contribution in [1.29, 1.82) is 0 Å². The fraction of sp³-hybridized carbons (Fsp3) is 0.158. The fourth-order valence-corrected chi connectivity index (χ4v) is 3.07. The minimum absolute atomic E-state index is 0.240. The van der Waals surface area contributed by atoms with E-state index in [1.807, 2.05) is 6.07 Å². The number of nitrogens with zero attached hydrogens (tertiary/aromatic N) is 2. The van der Waals surface area contributed by atoms with Gasteiger partial charge in [0.15, 0.2) is 5.82 Å². The Bertz CT molecular complexity index is 1020. The van der Waals surface area contributed by atoms with Gasteiger partial charge in [0.1, 0.15) is 16.5 Å². The molecule has 9 heteroatoms. The molecule has 28 heavy (non-hydrogen) atoms. The second kappa shape index (κ2) is 8.73. The van der Waals surface area contributed by atoms with Crippen molar-refractivity contribution in [3.05, 3.63) is 68.8 Å². The Hall–Kier alpha value is -2.41. The Kier molecular flexibility index (Phi) is 6.34. The number of nitrogens with one attached hydrogen (secondary N) is 1. The molecule has 0 fully saturated rings. The number of rotatable bonds is 6. The number of hydrogen-bond donors (Lipinski definition) is 1. The van der Waals surface area contributed by atoms with E-state index in [4.69, 9.17) is 44.3 Å². The fourth-order valence-electron chi connectivity index (χ4n) is 2.55. The van der Waals surface area contributed by atoms with Gasteiger partial charge >= 0.3 is 0 Å². The van der Waals surface area contributed by atoms with Gasteiger partial charge in [-0.2, -0.15) is 5.10 Å². The van der Waals surface area contributed by atoms with E-state index in [1.54, 1.807) is 41.2 Å². The van der Waals surface area contributed by atoms with Gasteiger partial charge < -0.3 is 14.8 Å². The maximum atomic E-state index is 12.6. The quantitative estimate of drug-likeness (QED) is 0.575. The minimum atomic E-state index is -0.402. The van der Waals surface area contributed by atoms with Gasteiger partial charge in [0.05, 0.1) is 36.4 Å². The number of hydrogen-bond acceptors (Lipinski definition) is 4. The topological polar surface area (TPSA) is 65.4 Å². The standard InChI is InChI=1S/C19H16Cl3N3O3/c1-27-12-4-5-13(17(8-12)28-2)19(26)23-18-16(22)10-25(24-18)9-11-3-6-14(20)15(21)7-11/h3-8,10H,9H2,1-2H3,(H,23,24,26). The van der Waals surface area contributed by atoms with Crippen LogP contribution in [0.15, 0.2) is 42.6 Å². The molecular formula is C19H16Cl3N3O3. The van der Waals surface area contributed by atoms with Gasteiger partial charge in [-0.1, -0.05) is 40.9 Å². The highest BCUT2D eigenvalue weighted by molar-refractivity contribution is 6.42. The van der Waals surface area contributed by atoms with Gasteiger partial charge in [-0.15, -0.1) is 0 Å². The molecule has 0 atom stereocenters. The number of aromatic nitrogens is 2. The molecule has 0 bridgehead atoms. The van der Waals surface area contributed by atoms with Crippen LogP contribution in [0, 0.1) is 0 Å². The molecule has 0 aliphatic carbocycles. The van der Waals surface area contributed by atoms with E-state index in [0.717, 1.165) is 5.56 Å². The lowest BCUT2D eigenvalue weighted by atomic mass is 10.1.